The minimum absolute atomic E-state index is 0.152. The van der Waals surface area contributed by atoms with Gasteiger partial charge in [0.1, 0.15) is 5.82 Å². The van der Waals surface area contributed by atoms with Crippen molar-refractivity contribution >= 4 is 23.3 Å². The summed E-state index contributed by atoms with van der Waals surface area (Å²) in [5.74, 6) is 1.02. The number of carbonyl (C=O) groups excluding carboxylic acids is 2. The van der Waals surface area contributed by atoms with Gasteiger partial charge in [0.05, 0.1) is 23.7 Å². The molecule has 0 radical (unpaired) electrons. The van der Waals surface area contributed by atoms with E-state index in [9.17, 15) is 9.59 Å². The Morgan fingerprint density at radius 1 is 1.12 bits per heavy atom. The molecule has 1 saturated heterocycles. The van der Waals surface area contributed by atoms with Crippen LogP contribution in [0.2, 0.25) is 0 Å². The molecule has 2 aliphatic rings. The molecule has 1 aliphatic heterocycles. The van der Waals surface area contributed by atoms with Crippen molar-refractivity contribution in [2.45, 2.75) is 46.5 Å². The van der Waals surface area contributed by atoms with Crippen LogP contribution in [-0.4, -0.2) is 33.5 Å². The van der Waals surface area contributed by atoms with E-state index in [-0.39, 0.29) is 23.7 Å². The maximum Gasteiger partial charge on any atom is 0.233 e. The summed E-state index contributed by atoms with van der Waals surface area (Å²) in [6.45, 7) is 6.59. The largest absolute Gasteiger partial charge is 0.312 e. The van der Waals surface area contributed by atoms with Crippen molar-refractivity contribution in [1.82, 2.24) is 15.2 Å². The summed E-state index contributed by atoms with van der Waals surface area (Å²) >= 11 is 0. The van der Waals surface area contributed by atoms with Crippen LogP contribution in [0.4, 0.5) is 11.5 Å². The SMILES string of the molecule is Cc1cc(-c2cccc(CC(=O)Nc3cc(N4CC[C@@](C)(C5CC5)C4=O)cc(C)n3)c2)cnn1. The molecule has 1 aromatic carbocycles. The molecule has 1 saturated carbocycles. The highest BCUT2D eigenvalue weighted by Crippen LogP contribution is 2.52. The van der Waals surface area contributed by atoms with E-state index in [1.165, 1.54) is 0 Å². The van der Waals surface area contributed by atoms with E-state index in [2.05, 4.69) is 27.4 Å². The van der Waals surface area contributed by atoms with Crippen LogP contribution in [0.15, 0.2) is 48.7 Å². The summed E-state index contributed by atoms with van der Waals surface area (Å²) in [6.07, 6.45) is 5.11. The molecule has 3 heterocycles. The number of nitrogens with one attached hydrogen (secondary N) is 1. The van der Waals surface area contributed by atoms with Gasteiger partial charge < -0.3 is 10.2 Å². The lowest BCUT2D eigenvalue weighted by molar-refractivity contribution is -0.125. The van der Waals surface area contributed by atoms with Gasteiger partial charge in [-0.15, -0.1) is 0 Å². The molecule has 2 amide bonds. The fraction of sp³-hybridized carbons (Fsp3) is 0.370. The third-order valence-electron chi connectivity index (χ3n) is 6.99. The molecule has 7 heteroatoms. The summed E-state index contributed by atoms with van der Waals surface area (Å²) in [4.78, 5) is 32.4. The van der Waals surface area contributed by atoms with Gasteiger partial charge in [-0.2, -0.15) is 10.2 Å². The Kier molecular flexibility index (Phi) is 5.63. The van der Waals surface area contributed by atoms with E-state index < -0.39 is 0 Å². The molecule has 1 aliphatic carbocycles. The van der Waals surface area contributed by atoms with Crippen molar-refractivity contribution in [3.8, 4) is 11.1 Å². The molecule has 1 atom stereocenters. The van der Waals surface area contributed by atoms with Crippen LogP contribution in [0.25, 0.3) is 11.1 Å². The fourth-order valence-electron chi connectivity index (χ4n) is 4.94. The van der Waals surface area contributed by atoms with Gasteiger partial charge in [-0.05, 0) is 62.3 Å². The Labute approximate surface area is 199 Å². The molecule has 2 aromatic heterocycles. The van der Waals surface area contributed by atoms with Crippen molar-refractivity contribution in [2.75, 3.05) is 16.8 Å². The Morgan fingerprint density at radius 3 is 2.71 bits per heavy atom. The molecule has 0 spiro atoms. The second-order valence-corrected chi connectivity index (χ2v) is 9.76. The van der Waals surface area contributed by atoms with Gasteiger partial charge in [-0.1, -0.05) is 31.2 Å². The Balaban J connectivity index is 1.30. The van der Waals surface area contributed by atoms with Gasteiger partial charge in [0.2, 0.25) is 11.8 Å². The summed E-state index contributed by atoms with van der Waals surface area (Å²) < 4.78 is 0. The van der Waals surface area contributed by atoms with E-state index in [1.807, 2.05) is 61.2 Å². The number of benzene rings is 1. The maximum absolute atomic E-state index is 13.2. The molecule has 0 bridgehead atoms. The molecule has 5 rings (SSSR count). The van der Waals surface area contributed by atoms with Crippen LogP contribution >= 0.6 is 0 Å². The van der Waals surface area contributed by atoms with E-state index in [1.54, 1.807) is 6.20 Å². The highest BCUT2D eigenvalue weighted by Gasteiger charge is 2.52. The molecule has 3 aromatic rings. The Morgan fingerprint density at radius 2 is 1.94 bits per heavy atom. The number of carbonyl (C=O) groups is 2. The first kappa shape index (κ1) is 22.2. The molecule has 7 nitrogen and oxygen atoms in total. The first-order chi connectivity index (χ1) is 16.3. The number of rotatable bonds is 6. The fourth-order valence-corrected chi connectivity index (χ4v) is 4.94. The topological polar surface area (TPSA) is 88.1 Å². The Hall–Kier alpha value is -3.61. The van der Waals surface area contributed by atoms with Crippen LogP contribution in [0, 0.1) is 25.2 Å². The first-order valence-electron chi connectivity index (χ1n) is 11.8. The van der Waals surface area contributed by atoms with Gasteiger partial charge in [0, 0.05) is 29.6 Å². The van der Waals surface area contributed by atoms with E-state index in [4.69, 9.17) is 0 Å². The van der Waals surface area contributed by atoms with Crippen LogP contribution in [0.1, 0.15) is 43.1 Å². The van der Waals surface area contributed by atoms with Gasteiger partial charge >= 0.3 is 0 Å². The average molecular weight is 456 g/mol. The number of aromatic nitrogens is 3. The van der Waals surface area contributed by atoms with Crippen molar-refractivity contribution in [1.29, 1.82) is 0 Å². The molecule has 174 valence electrons. The van der Waals surface area contributed by atoms with Crippen LogP contribution in [0.3, 0.4) is 0 Å². The number of pyridine rings is 1. The number of aryl methyl sites for hydroxylation is 2. The average Bonchev–Trinajstić information content (AvgIpc) is 3.60. The lowest BCUT2D eigenvalue weighted by Gasteiger charge is -2.23. The van der Waals surface area contributed by atoms with Crippen LogP contribution in [-0.2, 0) is 16.0 Å². The standard InChI is InChI=1S/C27H29N5O2/c1-17-12-23(32-10-9-27(3,26(32)34)22-7-8-22)15-24(29-17)30-25(33)14-19-5-4-6-20(13-19)21-11-18(2)31-28-16-21/h4-6,11-13,15-16,22H,7-10,14H2,1-3H3,(H,29,30,33)/t27-/m0/s1. The predicted octanol–water partition coefficient (Wildman–Crippen LogP) is 4.49. The predicted molar refractivity (Wildman–Crippen MR) is 131 cm³/mol. The normalized spacial score (nSPS) is 20.0. The summed E-state index contributed by atoms with van der Waals surface area (Å²) in [5.41, 5.74) is 5.01. The van der Waals surface area contributed by atoms with Gasteiger partial charge in [-0.25, -0.2) is 4.98 Å². The van der Waals surface area contributed by atoms with Crippen molar-refractivity contribution in [3.05, 3.63) is 65.6 Å². The molecular weight excluding hydrogens is 426 g/mol. The summed E-state index contributed by atoms with van der Waals surface area (Å²) in [5, 5.41) is 10.9. The minimum Gasteiger partial charge on any atom is -0.312 e. The maximum atomic E-state index is 13.2. The number of amides is 2. The lowest BCUT2D eigenvalue weighted by Crippen LogP contribution is -2.34. The smallest absolute Gasteiger partial charge is 0.233 e. The third-order valence-corrected chi connectivity index (χ3v) is 6.99. The number of anilines is 2. The van der Waals surface area contributed by atoms with Crippen LogP contribution < -0.4 is 10.2 Å². The zero-order valence-corrected chi connectivity index (χ0v) is 19.8. The van der Waals surface area contributed by atoms with Crippen molar-refractivity contribution < 1.29 is 9.59 Å². The zero-order valence-electron chi connectivity index (χ0n) is 19.8. The second kappa shape index (κ2) is 8.63. The van der Waals surface area contributed by atoms with Crippen molar-refractivity contribution in [2.24, 2.45) is 11.3 Å². The number of nitrogens with zero attached hydrogens (tertiary/aromatic N) is 4. The first-order valence-corrected chi connectivity index (χ1v) is 11.8. The molecule has 2 fully saturated rings. The molecular formula is C27H29N5O2. The van der Waals surface area contributed by atoms with Gasteiger partial charge in [0.15, 0.2) is 0 Å². The zero-order chi connectivity index (χ0) is 23.9. The number of hydrogen-bond donors (Lipinski definition) is 1. The molecule has 34 heavy (non-hydrogen) atoms. The highest BCUT2D eigenvalue weighted by molar-refractivity contribution is 6.01. The van der Waals surface area contributed by atoms with E-state index in [0.717, 1.165) is 53.0 Å². The summed E-state index contributed by atoms with van der Waals surface area (Å²) in [7, 11) is 0. The lowest BCUT2D eigenvalue weighted by atomic mass is 9.83. The highest BCUT2D eigenvalue weighted by atomic mass is 16.2. The quantitative estimate of drug-likeness (QED) is 0.592. The Bertz CT molecular complexity index is 1270. The summed E-state index contributed by atoms with van der Waals surface area (Å²) in [6, 6.07) is 13.6. The second-order valence-electron chi connectivity index (χ2n) is 9.76. The monoisotopic (exact) mass is 455 g/mol. The van der Waals surface area contributed by atoms with Gasteiger partial charge in [-0.3, -0.25) is 9.59 Å². The van der Waals surface area contributed by atoms with E-state index in [0.29, 0.717) is 18.3 Å². The minimum atomic E-state index is -0.255. The molecule has 0 unspecified atom stereocenters. The van der Waals surface area contributed by atoms with E-state index >= 15 is 0 Å². The molecule has 1 N–H and O–H groups in total. The number of hydrogen-bond acceptors (Lipinski definition) is 5. The third kappa shape index (κ3) is 4.42. The van der Waals surface area contributed by atoms with Gasteiger partial charge in [0.25, 0.3) is 0 Å². The van der Waals surface area contributed by atoms with Crippen LogP contribution in [0.5, 0.6) is 0 Å². The van der Waals surface area contributed by atoms with Crippen molar-refractivity contribution in [3.63, 3.8) is 0 Å².